The van der Waals surface area contributed by atoms with E-state index in [-0.39, 0.29) is 5.97 Å². The Morgan fingerprint density at radius 1 is 1.53 bits per heavy atom. The number of benzene rings is 1. The van der Waals surface area contributed by atoms with Crippen molar-refractivity contribution in [2.24, 2.45) is 0 Å². The molecule has 92 valence electrons. The number of carbonyl (C=O) groups is 1. The van der Waals surface area contributed by atoms with Crippen molar-refractivity contribution in [1.82, 2.24) is 0 Å². The summed E-state index contributed by atoms with van der Waals surface area (Å²) in [6.45, 7) is 2.17. The number of hydrogen-bond donors (Lipinski definition) is 1. The minimum atomic E-state index is -0.320. The Balaban J connectivity index is 2.18. The van der Waals surface area contributed by atoms with E-state index in [0.29, 0.717) is 23.9 Å². The zero-order valence-corrected chi connectivity index (χ0v) is 10.3. The van der Waals surface area contributed by atoms with E-state index in [2.05, 4.69) is 4.90 Å². The molecule has 4 nitrogen and oxygen atoms in total. The number of esters is 1. The van der Waals surface area contributed by atoms with Crippen molar-refractivity contribution in [1.29, 1.82) is 0 Å². The molecule has 0 aromatic heterocycles. The monoisotopic (exact) mass is 234 g/mol. The molecule has 0 spiro atoms. The molecular weight excluding hydrogens is 216 g/mol. The molecule has 0 heterocycles. The number of anilines is 2. The highest BCUT2D eigenvalue weighted by molar-refractivity contribution is 5.92. The van der Waals surface area contributed by atoms with Crippen molar-refractivity contribution >= 4 is 17.3 Å². The van der Waals surface area contributed by atoms with Gasteiger partial charge in [0.25, 0.3) is 0 Å². The third kappa shape index (κ3) is 2.52. The maximum atomic E-state index is 11.5. The van der Waals surface area contributed by atoms with E-state index >= 15 is 0 Å². The van der Waals surface area contributed by atoms with Gasteiger partial charge < -0.3 is 15.4 Å². The maximum absolute atomic E-state index is 11.5. The van der Waals surface area contributed by atoms with Crippen molar-refractivity contribution in [2.45, 2.75) is 25.8 Å². The van der Waals surface area contributed by atoms with Crippen LogP contribution >= 0.6 is 0 Å². The van der Waals surface area contributed by atoms with E-state index in [1.54, 1.807) is 19.1 Å². The topological polar surface area (TPSA) is 55.6 Å². The molecule has 0 aliphatic heterocycles. The smallest absolute Gasteiger partial charge is 0.338 e. The van der Waals surface area contributed by atoms with Crippen LogP contribution in [-0.4, -0.2) is 25.7 Å². The summed E-state index contributed by atoms with van der Waals surface area (Å²) < 4.78 is 4.93. The lowest BCUT2D eigenvalue weighted by atomic mass is 10.1. The Morgan fingerprint density at radius 2 is 2.24 bits per heavy atom. The highest BCUT2D eigenvalue weighted by Crippen LogP contribution is 2.33. The van der Waals surface area contributed by atoms with Crippen LogP contribution in [-0.2, 0) is 4.74 Å². The van der Waals surface area contributed by atoms with Gasteiger partial charge in [0.15, 0.2) is 0 Å². The number of ether oxygens (including phenoxy) is 1. The second-order valence-electron chi connectivity index (χ2n) is 4.34. The number of nitrogen functional groups attached to an aromatic ring is 1. The van der Waals surface area contributed by atoms with E-state index in [1.807, 2.05) is 13.1 Å². The molecule has 0 saturated heterocycles. The van der Waals surface area contributed by atoms with Crippen molar-refractivity contribution in [3.05, 3.63) is 23.8 Å². The normalized spacial score (nSPS) is 14.5. The summed E-state index contributed by atoms with van der Waals surface area (Å²) >= 11 is 0. The predicted molar refractivity (Wildman–Crippen MR) is 68.2 cm³/mol. The summed E-state index contributed by atoms with van der Waals surface area (Å²) in [5.41, 5.74) is 8.10. The average molecular weight is 234 g/mol. The number of nitrogens with two attached hydrogens (primary N) is 1. The Kier molecular flexibility index (Phi) is 3.22. The molecule has 2 rings (SSSR count). The first-order chi connectivity index (χ1) is 8.13. The van der Waals surface area contributed by atoms with Crippen molar-refractivity contribution in [3.63, 3.8) is 0 Å². The Labute approximate surface area is 101 Å². The van der Waals surface area contributed by atoms with Gasteiger partial charge in [-0.05, 0) is 38.0 Å². The zero-order valence-electron chi connectivity index (χ0n) is 10.3. The highest BCUT2D eigenvalue weighted by atomic mass is 16.5. The molecule has 1 aliphatic rings. The minimum absolute atomic E-state index is 0.320. The quantitative estimate of drug-likeness (QED) is 0.640. The predicted octanol–water partition coefficient (Wildman–Crippen LogP) is 2.04. The summed E-state index contributed by atoms with van der Waals surface area (Å²) in [6, 6.07) is 5.94. The second-order valence-corrected chi connectivity index (χ2v) is 4.34. The minimum Gasteiger partial charge on any atom is -0.462 e. The second kappa shape index (κ2) is 4.65. The van der Waals surface area contributed by atoms with Gasteiger partial charge in [-0.3, -0.25) is 0 Å². The molecule has 0 amide bonds. The van der Waals surface area contributed by atoms with Crippen LogP contribution in [0, 0.1) is 0 Å². The van der Waals surface area contributed by atoms with Gasteiger partial charge >= 0.3 is 5.97 Å². The lowest BCUT2D eigenvalue weighted by Crippen LogP contribution is -2.21. The van der Waals surface area contributed by atoms with Crippen LogP contribution < -0.4 is 10.6 Å². The van der Waals surface area contributed by atoms with Crippen LogP contribution in [0.25, 0.3) is 0 Å². The fraction of sp³-hybridized carbons (Fsp3) is 0.462. The first kappa shape index (κ1) is 11.8. The average Bonchev–Trinajstić information content (AvgIpc) is 3.12. The van der Waals surface area contributed by atoms with Crippen molar-refractivity contribution in [2.75, 3.05) is 24.3 Å². The van der Waals surface area contributed by atoms with E-state index in [4.69, 9.17) is 10.5 Å². The summed E-state index contributed by atoms with van der Waals surface area (Å²) in [7, 11) is 2.04. The number of rotatable bonds is 4. The molecule has 1 saturated carbocycles. The lowest BCUT2D eigenvalue weighted by Gasteiger charge is -2.20. The molecule has 1 aromatic carbocycles. The molecule has 1 aromatic rings. The molecule has 2 N–H and O–H groups in total. The Morgan fingerprint density at radius 3 is 2.76 bits per heavy atom. The molecule has 0 bridgehead atoms. The molecule has 1 fully saturated rings. The van der Waals surface area contributed by atoms with Gasteiger partial charge in [0.05, 0.1) is 23.5 Å². The van der Waals surface area contributed by atoms with Gasteiger partial charge in [-0.2, -0.15) is 0 Å². The van der Waals surface area contributed by atoms with Gasteiger partial charge in [-0.1, -0.05) is 0 Å². The number of carbonyl (C=O) groups excluding carboxylic acids is 1. The van der Waals surface area contributed by atoms with E-state index < -0.39 is 0 Å². The van der Waals surface area contributed by atoms with Gasteiger partial charge in [-0.15, -0.1) is 0 Å². The number of hydrogen-bond acceptors (Lipinski definition) is 4. The molecular formula is C13H18N2O2. The third-order valence-corrected chi connectivity index (χ3v) is 3.01. The van der Waals surface area contributed by atoms with Crippen molar-refractivity contribution < 1.29 is 9.53 Å². The largest absolute Gasteiger partial charge is 0.462 e. The van der Waals surface area contributed by atoms with Crippen LogP contribution in [0.3, 0.4) is 0 Å². The summed E-state index contributed by atoms with van der Waals surface area (Å²) in [5.74, 6) is -0.320. The van der Waals surface area contributed by atoms with Gasteiger partial charge in [0.2, 0.25) is 0 Å². The molecule has 4 heteroatoms. The van der Waals surface area contributed by atoms with Crippen LogP contribution in [0.4, 0.5) is 11.4 Å². The Bertz CT molecular complexity index is 427. The Hall–Kier alpha value is -1.71. The van der Waals surface area contributed by atoms with E-state index in [0.717, 1.165) is 5.69 Å². The number of nitrogens with zero attached hydrogens (tertiary/aromatic N) is 1. The standard InChI is InChI=1S/C13H18N2O2/c1-3-17-13(16)9-4-7-12(11(14)8-9)15(2)10-5-6-10/h4,7-8,10H,3,5-6,14H2,1-2H3. The highest BCUT2D eigenvalue weighted by Gasteiger charge is 2.27. The lowest BCUT2D eigenvalue weighted by molar-refractivity contribution is 0.0526. The fourth-order valence-electron chi connectivity index (χ4n) is 1.88. The van der Waals surface area contributed by atoms with Gasteiger partial charge in [0.1, 0.15) is 0 Å². The summed E-state index contributed by atoms with van der Waals surface area (Å²) in [5, 5.41) is 0. The third-order valence-electron chi connectivity index (χ3n) is 3.01. The first-order valence-electron chi connectivity index (χ1n) is 5.93. The first-order valence-corrected chi connectivity index (χ1v) is 5.93. The molecule has 1 aliphatic carbocycles. The molecule has 0 radical (unpaired) electrons. The van der Waals surface area contributed by atoms with Crippen molar-refractivity contribution in [3.8, 4) is 0 Å². The van der Waals surface area contributed by atoms with Crippen LogP contribution in [0.15, 0.2) is 18.2 Å². The van der Waals surface area contributed by atoms with Crippen LogP contribution in [0.2, 0.25) is 0 Å². The van der Waals surface area contributed by atoms with E-state index in [1.165, 1.54) is 12.8 Å². The fourth-order valence-corrected chi connectivity index (χ4v) is 1.88. The summed E-state index contributed by atoms with van der Waals surface area (Å²) in [4.78, 5) is 13.7. The van der Waals surface area contributed by atoms with Crippen LogP contribution in [0.1, 0.15) is 30.1 Å². The molecule has 0 atom stereocenters. The molecule has 17 heavy (non-hydrogen) atoms. The summed E-state index contributed by atoms with van der Waals surface area (Å²) in [6.07, 6.45) is 2.44. The van der Waals surface area contributed by atoms with Gasteiger partial charge in [-0.25, -0.2) is 4.79 Å². The van der Waals surface area contributed by atoms with Gasteiger partial charge in [0, 0.05) is 13.1 Å². The maximum Gasteiger partial charge on any atom is 0.338 e. The SMILES string of the molecule is CCOC(=O)c1ccc(N(C)C2CC2)c(N)c1. The molecule has 0 unspecified atom stereocenters. The van der Waals surface area contributed by atoms with E-state index in [9.17, 15) is 4.79 Å². The zero-order chi connectivity index (χ0) is 12.4. The van der Waals surface area contributed by atoms with Crippen LogP contribution in [0.5, 0.6) is 0 Å².